The molecule has 3 aromatic rings. The number of carbonyl (C=O) groups is 2. The minimum atomic E-state index is -0.514. The van der Waals surface area contributed by atoms with Crippen LogP contribution in [0.4, 0.5) is 14.9 Å². The van der Waals surface area contributed by atoms with Gasteiger partial charge < -0.3 is 25.4 Å². The van der Waals surface area contributed by atoms with E-state index < -0.39 is 11.9 Å². The molecule has 0 aliphatic rings. The summed E-state index contributed by atoms with van der Waals surface area (Å²) in [5.41, 5.74) is 2.12. The maximum Gasteiger partial charge on any atom is 0.315 e. The molecular formula is C23H23FN4O4. The second kappa shape index (κ2) is 11.3. The molecule has 166 valence electrons. The predicted octanol–water partition coefficient (Wildman–Crippen LogP) is 3.25. The zero-order valence-corrected chi connectivity index (χ0v) is 17.4. The quantitative estimate of drug-likeness (QED) is 0.476. The van der Waals surface area contributed by atoms with Crippen molar-refractivity contribution in [1.82, 2.24) is 15.6 Å². The highest BCUT2D eigenvalue weighted by atomic mass is 19.1. The van der Waals surface area contributed by atoms with E-state index in [9.17, 15) is 14.0 Å². The van der Waals surface area contributed by atoms with Crippen LogP contribution in [0, 0.1) is 5.82 Å². The van der Waals surface area contributed by atoms with Crippen molar-refractivity contribution in [3.05, 3.63) is 83.9 Å². The molecule has 32 heavy (non-hydrogen) atoms. The lowest BCUT2D eigenvalue weighted by atomic mass is 10.2. The van der Waals surface area contributed by atoms with Gasteiger partial charge in [0.2, 0.25) is 5.91 Å². The van der Waals surface area contributed by atoms with Crippen LogP contribution in [-0.4, -0.2) is 30.6 Å². The predicted molar refractivity (Wildman–Crippen MR) is 117 cm³/mol. The first-order chi connectivity index (χ1) is 15.5. The number of methoxy groups -OCH3 is 1. The number of amides is 3. The van der Waals surface area contributed by atoms with E-state index in [-0.39, 0.29) is 25.5 Å². The smallest absolute Gasteiger partial charge is 0.315 e. The zero-order chi connectivity index (χ0) is 22.8. The zero-order valence-electron chi connectivity index (χ0n) is 17.4. The van der Waals surface area contributed by atoms with Gasteiger partial charge in [-0.2, -0.15) is 0 Å². The first kappa shape index (κ1) is 22.5. The molecule has 2 aromatic carbocycles. The molecule has 8 nitrogen and oxygen atoms in total. The fraction of sp³-hybridized carbons (Fsp3) is 0.174. The van der Waals surface area contributed by atoms with Crippen LogP contribution >= 0.6 is 0 Å². The molecule has 9 heteroatoms. The van der Waals surface area contributed by atoms with Crippen LogP contribution in [0.15, 0.2) is 67.0 Å². The van der Waals surface area contributed by atoms with E-state index in [1.54, 1.807) is 42.7 Å². The third-order valence-corrected chi connectivity index (χ3v) is 4.34. The molecule has 0 fully saturated rings. The molecule has 3 N–H and O–H groups in total. The molecule has 0 atom stereocenters. The van der Waals surface area contributed by atoms with Crippen LogP contribution in [0.2, 0.25) is 0 Å². The van der Waals surface area contributed by atoms with Crippen LogP contribution < -0.4 is 25.4 Å². The summed E-state index contributed by atoms with van der Waals surface area (Å²) in [6, 6.07) is 13.9. The second-order valence-corrected chi connectivity index (χ2v) is 6.73. The van der Waals surface area contributed by atoms with Gasteiger partial charge in [0.15, 0.2) is 11.5 Å². The molecule has 0 bridgehead atoms. The van der Waals surface area contributed by atoms with Gasteiger partial charge >= 0.3 is 6.03 Å². The Kier molecular flexibility index (Phi) is 7.96. The van der Waals surface area contributed by atoms with Crippen LogP contribution in [0.25, 0.3) is 0 Å². The topological polar surface area (TPSA) is 102 Å². The fourth-order valence-corrected chi connectivity index (χ4v) is 2.72. The molecule has 0 unspecified atom stereocenters. The van der Waals surface area contributed by atoms with Gasteiger partial charge in [0.1, 0.15) is 12.4 Å². The van der Waals surface area contributed by atoms with Crippen molar-refractivity contribution in [2.24, 2.45) is 0 Å². The van der Waals surface area contributed by atoms with Crippen molar-refractivity contribution in [2.45, 2.75) is 13.2 Å². The normalized spacial score (nSPS) is 10.2. The Labute approximate surface area is 184 Å². The summed E-state index contributed by atoms with van der Waals surface area (Å²) in [4.78, 5) is 28.1. The number of nitrogens with one attached hydrogen (secondary N) is 3. The van der Waals surface area contributed by atoms with Crippen molar-refractivity contribution < 1.29 is 23.5 Å². The van der Waals surface area contributed by atoms with Gasteiger partial charge in [-0.3, -0.25) is 9.78 Å². The molecular weight excluding hydrogens is 415 g/mol. The third-order valence-electron chi connectivity index (χ3n) is 4.34. The monoisotopic (exact) mass is 438 g/mol. The maximum atomic E-state index is 12.9. The number of rotatable bonds is 9. The lowest BCUT2D eigenvalue weighted by Gasteiger charge is -2.13. The van der Waals surface area contributed by atoms with E-state index in [0.717, 1.165) is 11.1 Å². The molecule has 1 heterocycles. The first-order valence-electron chi connectivity index (χ1n) is 9.79. The standard InChI is InChI=1S/C23H23FN4O4/c1-31-20-9-8-19(11-21(20)32-15-17-3-2-10-25-12-17)28-22(29)14-27-23(30)26-13-16-4-6-18(24)7-5-16/h2-12H,13-15H2,1H3,(H,28,29)(H2,26,27,30). The molecule has 3 amide bonds. The Morgan fingerprint density at radius 2 is 1.81 bits per heavy atom. The van der Waals surface area contributed by atoms with E-state index >= 15 is 0 Å². The highest BCUT2D eigenvalue weighted by molar-refractivity contribution is 5.94. The molecule has 3 rings (SSSR count). The Hall–Kier alpha value is -4.14. The molecule has 0 spiro atoms. The molecule has 0 aliphatic heterocycles. The second-order valence-electron chi connectivity index (χ2n) is 6.73. The van der Waals surface area contributed by atoms with Crippen molar-refractivity contribution in [2.75, 3.05) is 19.0 Å². The number of benzene rings is 2. The third kappa shape index (κ3) is 6.98. The summed E-state index contributed by atoms with van der Waals surface area (Å²) < 4.78 is 24.0. The van der Waals surface area contributed by atoms with E-state index in [2.05, 4.69) is 20.9 Å². The molecule has 0 saturated carbocycles. The van der Waals surface area contributed by atoms with Crippen molar-refractivity contribution in [1.29, 1.82) is 0 Å². The number of hydrogen-bond acceptors (Lipinski definition) is 5. The van der Waals surface area contributed by atoms with Crippen molar-refractivity contribution in [3.63, 3.8) is 0 Å². The van der Waals surface area contributed by atoms with Crippen molar-refractivity contribution in [3.8, 4) is 11.5 Å². The summed E-state index contributed by atoms with van der Waals surface area (Å²) in [5.74, 6) is 0.216. The van der Waals surface area contributed by atoms with Crippen LogP contribution in [0.3, 0.4) is 0 Å². The maximum absolute atomic E-state index is 12.9. The average molecular weight is 438 g/mol. The number of urea groups is 1. The van der Waals surface area contributed by atoms with Gasteiger partial charge in [-0.25, -0.2) is 9.18 Å². The van der Waals surface area contributed by atoms with Gasteiger partial charge in [0.05, 0.1) is 13.7 Å². The molecule has 0 radical (unpaired) electrons. The minimum absolute atomic E-state index is 0.212. The summed E-state index contributed by atoms with van der Waals surface area (Å²) in [7, 11) is 1.53. The lowest BCUT2D eigenvalue weighted by molar-refractivity contribution is -0.115. The van der Waals surface area contributed by atoms with Gasteiger partial charge in [-0.1, -0.05) is 18.2 Å². The largest absolute Gasteiger partial charge is 0.493 e. The number of halogens is 1. The number of aromatic nitrogens is 1. The summed E-state index contributed by atoms with van der Waals surface area (Å²) in [5, 5.41) is 7.77. The number of pyridine rings is 1. The minimum Gasteiger partial charge on any atom is -0.493 e. The fourth-order valence-electron chi connectivity index (χ4n) is 2.72. The summed E-state index contributed by atoms with van der Waals surface area (Å²) in [6.45, 7) is 0.272. The average Bonchev–Trinajstić information content (AvgIpc) is 2.82. The molecule has 1 aromatic heterocycles. The van der Waals surface area contributed by atoms with Gasteiger partial charge in [0, 0.05) is 36.3 Å². The number of anilines is 1. The van der Waals surface area contributed by atoms with Gasteiger partial charge in [-0.05, 0) is 35.9 Å². The van der Waals surface area contributed by atoms with E-state index in [1.807, 2.05) is 12.1 Å². The molecule has 0 saturated heterocycles. The number of hydrogen-bond donors (Lipinski definition) is 3. The first-order valence-corrected chi connectivity index (χ1v) is 9.79. The van der Waals surface area contributed by atoms with E-state index in [4.69, 9.17) is 9.47 Å². The SMILES string of the molecule is COc1ccc(NC(=O)CNC(=O)NCc2ccc(F)cc2)cc1OCc1cccnc1. The number of ether oxygens (including phenoxy) is 2. The Morgan fingerprint density at radius 1 is 1.00 bits per heavy atom. The Morgan fingerprint density at radius 3 is 2.53 bits per heavy atom. The summed E-state index contributed by atoms with van der Waals surface area (Å²) in [6.07, 6.45) is 3.38. The Bertz CT molecular complexity index is 1050. The summed E-state index contributed by atoms with van der Waals surface area (Å²) >= 11 is 0. The van der Waals surface area contributed by atoms with Gasteiger partial charge in [0.25, 0.3) is 0 Å². The van der Waals surface area contributed by atoms with Crippen LogP contribution in [0.1, 0.15) is 11.1 Å². The van der Waals surface area contributed by atoms with E-state index in [1.165, 1.54) is 19.2 Å². The van der Waals surface area contributed by atoms with Crippen molar-refractivity contribution >= 4 is 17.6 Å². The Balaban J connectivity index is 1.48. The highest BCUT2D eigenvalue weighted by Crippen LogP contribution is 2.30. The van der Waals surface area contributed by atoms with Crippen LogP contribution in [-0.2, 0) is 17.9 Å². The number of nitrogens with zero attached hydrogens (tertiary/aromatic N) is 1. The highest BCUT2D eigenvalue weighted by Gasteiger charge is 2.10. The molecule has 0 aliphatic carbocycles. The van der Waals surface area contributed by atoms with Crippen LogP contribution in [0.5, 0.6) is 11.5 Å². The lowest BCUT2D eigenvalue weighted by Crippen LogP contribution is -2.39. The number of carbonyl (C=O) groups excluding carboxylic acids is 2. The van der Waals surface area contributed by atoms with Gasteiger partial charge in [-0.15, -0.1) is 0 Å². The van der Waals surface area contributed by atoms with E-state index in [0.29, 0.717) is 17.2 Å².